The number of ketones is 1. The Morgan fingerprint density at radius 1 is 1.09 bits per heavy atom. The summed E-state index contributed by atoms with van der Waals surface area (Å²) in [6.45, 7) is 6.47. The number of hydrogen-bond acceptors (Lipinski definition) is 5. The molecular formula is C17H23NO5. The second-order valence-corrected chi connectivity index (χ2v) is 6.15. The van der Waals surface area contributed by atoms with Gasteiger partial charge in [-0.25, -0.2) is 4.79 Å². The molecule has 0 aliphatic rings. The van der Waals surface area contributed by atoms with Gasteiger partial charge < -0.3 is 14.8 Å². The lowest BCUT2D eigenvalue weighted by atomic mass is 9.90. The fourth-order valence-electron chi connectivity index (χ4n) is 2.12. The second-order valence-electron chi connectivity index (χ2n) is 6.15. The highest BCUT2D eigenvalue weighted by atomic mass is 16.6. The molecule has 0 aliphatic heterocycles. The summed E-state index contributed by atoms with van der Waals surface area (Å²) in [5.41, 5.74) is -0.0774. The lowest BCUT2D eigenvalue weighted by molar-refractivity contribution is -0.150. The molecule has 2 atom stereocenters. The quantitative estimate of drug-likeness (QED) is 0.666. The molecule has 0 aliphatic carbocycles. The summed E-state index contributed by atoms with van der Waals surface area (Å²) in [5.74, 6) is -2.25. The summed E-state index contributed by atoms with van der Waals surface area (Å²) in [5, 5.41) is 2.60. The van der Waals surface area contributed by atoms with Crippen molar-refractivity contribution in [2.75, 3.05) is 7.11 Å². The van der Waals surface area contributed by atoms with Gasteiger partial charge in [0.15, 0.2) is 0 Å². The minimum atomic E-state index is -1.14. The molecule has 0 saturated heterocycles. The van der Waals surface area contributed by atoms with Crippen molar-refractivity contribution >= 4 is 17.8 Å². The van der Waals surface area contributed by atoms with Gasteiger partial charge in [-0.1, -0.05) is 30.3 Å². The molecule has 1 rings (SSSR count). The lowest BCUT2D eigenvalue weighted by Gasteiger charge is -2.27. The number of hydrogen-bond donors (Lipinski definition) is 1. The van der Waals surface area contributed by atoms with Crippen LogP contribution in [0.15, 0.2) is 30.3 Å². The zero-order valence-electron chi connectivity index (χ0n) is 14.1. The first-order valence-electron chi connectivity index (χ1n) is 7.28. The first kappa shape index (κ1) is 18.7. The molecule has 0 radical (unpaired) electrons. The number of carbonyl (C=O) groups excluding carboxylic acids is 3. The summed E-state index contributed by atoms with van der Waals surface area (Å²) in [4.78, 5) is 36.0. The molecule has 0 fully saturated rings. The number of carbonyl (C=O) groups is 3. The van der Waals surface area contributed by atoms with Crippen LogP contribution in [0.5, 0.6) is 0 Å². The number of ether oxygens (including phenoxy) is 2. The Bertz CT molecular complexity index is 562. The van der Waals surface area contributed by atoms with Gasteiger partial charge in [0.25, 0.3) is 0 Å². The molecule has 6 nitrogen and oxygen atoms in total. The van der Waals surface area contributed by atoms with Crippen molar-refractivity contribution in [1.82, 2.24) is 5.32 Å². The molecule has 1 N–H and O–H groups in total. The van der Waals surface area contributed by atoms with E-state index in [0.29, 0.717) is 5.56 Å². The Labute approximate surface area is 136 Å². The maximum absolute atomic E-state index is 12.1. The number of benzene rings is 1. The van der Waals surface area contributed by atoms with Crippen LogP contribution in [0.3, 0.4) is 0 Å². The molecule has 0 spiro atoms. The van der Waals surface area contributed by atoms with Gasteiger partial charge in [-0.15, -0.1) is 0 Å². The van der Waals surface area contributed by atoms with Crippen LogP contribution in [-0.4, -0.2) is 30.6 Å². The first-order chi connectivity index (χ1) is 10.7. The lowest BCUT2D eigenvalue weighted by Crippen LogP contribution is -2.42. The van der Waals surface area contributed by atoms with Crippen LogP contribution in [0.2, 0.25) is 0 Å². The largest absolute Gasteiger partial charge is 0.468 e. The fourth-order valence-corrected chi connectivity index (χ4v) is 2.12. The molecule has 126 valence electrons. The zero-order valence-corrected chi connectivity index (χ0v) is 14.1. The first-order valence-corrected chi connectivity index (χ1v) is 7.28. The van der Waals surface area contributed by atoms with E-state index >= 15 is 0 Å². The predicted molar refractivity (Wildman–Crippen MR) is 84.7 cm³/mol. The van der Waals surface area contributed by atoms with Crippen molar-refractivity contribution in [3.05, 3.63) is 35.9 Å². The van der Waals surface area contributed by atoms with E-state index in [-0.39, 0.29) is 0 Å². The van der Waals surface area contributed by atoms with Crippen molar-refractivity contribution in [2.24, 2.45) is 5.92 Å². The Kier molecular flexibility index (Phi) is 6.30. The van der Waals surface area contributed by atoms with E-state index in [2.05, 4.69) is 5.32 Å². The summed E-state index contributed by atoms with van der Waals surface area (Å²) in [6, 6.07) is 7.90. The Morgan fingerprint density at radius 2 is 1.65 bits per heavy atom. The van der Waals surface area contributed by atoms with Crippen LogP contribution in [0, 0.1) is 5.92 Å². The topological polar surface area (TPSA) is 81.7 Å². The van der Waals surface area contributed by atoms with Crippen molar-refractivity contribution in [3.63, 3.8) is 0 Å². The van der Waals surface area contributed by atoms with Crippen LogP contribution in [0.25, 0.3) is 0 Å². The Morgan fingerprint density at radius 3 is 2.09 bits per heavy atom. The van der Waals surface area contributed by atoms with Crippen molar-refractivity contribution in [1.29, 1.82) is 0 Å². The Hall–Kier alpha value is -2.37. The van der Waals surface area contributed by atoms with Gasteiger partial charge in [-0.3, -0.25) is 9.59 Å². The highest BCUT2D eigenvalue weighted by molar-refractivity contribution is 5.99. The van der Waals surface area contributed by atoms with Crippen LogP contribution in [0.4, 0.5) is 4.79 Å². The van der Waals surface area contributed by atoms with E-state index in [1.165, 1.54) is 14.0 Å². The van der Waals surface area contributed by atoms with Gasteiger partial charge in [0, 0.05) is 0 Å². The van der Waals surface area contributed by atoms with Gasteiger partial charge in [0.1, 0.15) is 17.3 Å². The molecule has 1 aromatic carbocycles. The number of rotatable bonds is 5. The standard InChI is InChI=1S/C17H23NO5/c1-11(19)13(15(20)22-5)14(12-9-7-6-8-10-12)18-16(21)23-17(2,3)4/h6-10,13-14H,1-5H3,(H,18,21)/t13-,14+/m1/s1. The van der Waals surface area contributed by atoms with Crippen molar-refractivity contribution in [2.45, 2.75) is 39.3 Å². The van der Waals surface area contributed by atoms with Gasteiger partial charge in [-0.2, -0.15) is 0 Å². The maximum Gasteiger partial charge on any atom is 0.408 e. The number of methoxy groups -OCH3 is 1. The van der Waals surface area contributed by atoms with E-state index in [4.69, 9.17) is 9.47 Å². The number of Topliss-reactive ketones (excluding diaryl/α,β-unsaturated/α-hetero) is 1. The highest BCUT2D eigenvalue weighted by Gasteiger charge is 2.36. The third-order valence-corrected chi connectivity index (χ3v) is 3.06. The summed E-state index contributed by atoms with van der Waals surface area (Å²) in [6.07, 6.45) is -0.707. The van der Waals surface area contributed by atoms with E-state index < -0.39 is 35.4 Å². The van der Waals surface area contributed by atoms with E-state index in [1.807, 2.05) is 0 Å². The van der Waals surface area contributed by atoms with Crippen LogP contribution in [-0.2, 0) is 19.1 Å². The SMILES string of the molecule is COC(=O)[C@H](C(C)=O)[C@@H](NC(=O)OC(C)(C)C)c1ccccc1. The van der Waals surface area contributed by atoms with E-state index in [9.17, 15) is 14.4 Å². The van der Waals surface area contributed by atoms with E-state index in [1.54, 1.807) is 51.1 Å². The molecule has 0 unspecified atom stereocenters. The average Bonchev–Trinajstić information content (AvgIpc) is 2.44. The van der Waals surface area contributed by atoms with Crippen molar-refractivity contribution < 1.29 is 23.9 Å². The minimum Gasteiger partial charge on any atom is -0.468 e. The molecule has 0 heterocycles. The highest BCUT2D eigenvalue weighted by Crippen LogP contribution is 2.25. The monoisotopic (exact) mass is 321 g/mol. The number of esters is 1. The third-order valence-electron chi connectivity index (χ3n) is 3.06. The second kappa shape index (κ2) is 7.76. The summed E-state index contributed by atoms with van der Waals surface area (Å²) < 4.78 is 9.93. The van der Waals surface area contributed by atoms with Crippen molar-refractivity contribution in [3.8, 4) is 0 Å². The number of amides is 1. The molecule has 1 amide bonds. The van der Waals surface area contributed by atoms with Gasteiger partial charge in [0.05, 0.1) is 13.2 Å². The smallest absolute Gasteiger partial charge is 0.408 e. The molecule has 23 heavy (non-hydrogen) atoms. The number of alkyl carbamates (subject to hydrolysis) is 1. The van der Waals surface area contributed by atoms with Gasteiger partial charge in [0.2, 0.25) is 0 Å². The minimum absolute atomic E-state index is 0.401. The summed E-state index contributed by atoms with van der Waals surface area (Å²) in [7, 11) is 1.20. The predicted octanol–water partition coefficient (Wildman–Crippen LogP) is 2.63. The molecule has 0 saturated carbocycles. The third kappa shape index (κ3) is 5.73. The zero-order chi connectivity index (χ0) is 17.6. The molecule has 0 aromatic heterocycles. The van der Waals surface area contributed by atoms with Crippen LogP contribution in [0.1, 0.15) is 39.3 Å². The molecule has 1 aromatic rings. The number of nitrogens with one attached hydrogen (secondary N) is 1. The van der Waals surface area contributed by atoms with Gasteiger partial charge >= 0.3 is 12.1 Å². The van der Waals surface area contributed by atoms with Crippen LogP contribution >= 0.6 is 0 Å². The normalized spacial score (nSPS) is 13.6. The average molecular weight is 321 g/mol. The molecule has 6 heteroatoms. The van der Waals surface area contributed by atoms with Crippen LogP contribution < -0.4 is 5.32 Å². The fraction of sp³-hybridized carbons (Fsp3) is 0.471. The molecular weight excluding hydrogens is 298 g/mol. The van der Waals surface area contributed by atoms with E-state index in [0.717, 1.165) is 0 Å². The summed E-state index contributed by atoms with van der Waals surface area (Å²) >= 11 is 0. The molecule has 0 bridgehead atoms. The van der Waals surface area contributed by atoms with Gasteiger partial charge in [-0.05, 0) is 33.3 Å². The Balaban J connectivity index is 3.14. The maximum atomic E-state index is 12.1.